The topological polar surface area (TPSA) is 26.0 Å². The predicted molar refractivity (Wildman–Crippen MR) is 24.9 cm³/mol. The number of hydrogen-bond acceptors (Lipinski definition) is 1. The second-order valence-electron chi connectivity index (χ2n) is 0.394. The standard InChI is InChI=1S/C3H5N.ClH/c1-2-3-4;/h4H2,1H3;1H. The van der Waals surface area contributed by atoms with E-state index in [1.54, 1.807) is 6.92 Å². The molecule has 0 spiro atoms. The molecular formula is C3H6ClN. The summed E-state index contributed by atoms with van der Waals surface area (Å²) in [6, 6.07) is 2.18. The molecule has 0 aromatic heterocycles. The van der Waals surface area contributed by atoms with Crippen molar-refractivity contribution < 1.29 is 0 Å². The molecule has 0 radical (unpaired) electrons. The van der Waals surface area contributed by atoms with Crippen molar-refractivity contribution in [3.63, 3.8) is 0 Å². The minimum Gasteiger partial charge on any atom is -0.359 e. The lowest BCUT2D eigenvalue weighted by atomic mass is 10.8. The molecule has 2 heteroatoms. The van der Waals surface area contributed by atoms with Crippen LogP contribution in [0.4, 0.5) is 0 Å². The molecule has 0 aromatic carbocycles. The van der Waals surface area contributed by atoms with Gasteiger partial charge in [-0.15, -0.1) is 12.4 Å². The zero-order valence-corrected chi connectivity index (χ0v) is 3.80. The van der Waals surface area contributed by atoms with Crippen LogP contribution in [0.5, 0.6) is 0 Å². The zero-order valence-electron chi connectivity index (χ0n) is 2.99. The second-order valence-corrected chi connectivity index (χ2v) is 0.394. The first-order chi connectivity index (χ1) is 1.91. The third kappa shape index (κ3) is 23.5. The highest BCUT2D eigenvalue weighted by atomic mass is 35.5. The quantitative estimate of drug-likeness (QED) is 0.338. The van der Waals surface area contributed by atoms with Crippen molar-refractivity contribution in [2.75, 3.05) is 0 Å². The molecule has 1 nitrogen and oxygen atoms in total. The van der Waals surface area contributed by atoms with E-state index in [1.165, 1.54) is 0 Å². The summed E-state index contributed by atoms with van der Waals surface area (Å²) in [5.74, 6) is 2.46. The molecule has 0 saturated carbocycles. The fourth-order valence-corrected chi connectivity index (χ4v) is 0. The van der Waals surface area contributed by atoms with Crippen molar-refractivity contribution in [3.05, 3.63) is 0 Å². The Morgan fingerprint density at radius 1 is 1.60 bits per heavy atom. The summed E-state index contributed by atoms with van der Waals surface area (Å²) in [7, 11) is 0. The van der Waals surface area contributed by atoms with Gasteiger partial charge in [0.05, 0.1) is 0 Å². The van der Waals surface area contributed by atoms with E-state index in [0.29, 0.717) is 0 Å². The molecule has 0 unspecified atom stereocenters. The van der Waals surface area contributed by atoms with Gasteiger partial charge >= 0.3 is 0 Å². The monoisotopic (exact) mass is 91.0 g/mol. The van der Waals surface area contributed by atoms with Crippen LogP contribution >= 0.6 is 12.4 Å². The van der Waals surface area contributed by atoms with Gasteiger partial charge in [0, 0.05) is 6.04 Å². The molecule has 0 amide bonds. The van der Waals surface area contributed by atoms with E-state index in [1.807, 2.05) is 0 Å². The Bertz CT molecular complexity index is 43.6. The van der Waals surface area contributed by atoms with Gasteiger partial charge in [0.1, 0.15) is 0 Å². The summed E-state index contributed by atoms with van der Waals surface area (Å²) in [5, 5.41) is 0. The molecule has 0 aliphatic carbocycles. The average molecular weight is 91.5 g/mol. The van der Waals surface area contributed by atoms with Crippen LogP contribution in [-0.2, 0) is 0 Å². The van der Waals surface area contributed by atoms with Gasteiger partial charge < -0.3 is 5.73 Å². The number of nitrogens with two attached hydrogens (primary N) is 1. The van der Waals surface area contributed by atoms with E-state index in [-0.39, 0.29) is 12.4 Å². The molecule has 5 heavy (non-hydrogen) atoms. The molecule has 0 aliphatic rings. The maximum atomic E-state index is 4.67. The van der Waals surface area contributed by atoms with E-state index in [9.17, 15) is 0 Å². The normalized spacial score (nSPS) is 2.60. The Hall–Kier alpha value is -0.350. The summed E-state index contributed by atoms with van der Waals surface area (Å²) in [6.45, 7) is 1.69. The molecule has 2 N–H and O–H groups in total. The van der Waals surface area contributed by atoms with E-state index in [0.717, 1.165) is 0 Å². The van der Waals surface area contributed by atoms with E-state index in [2.05, 4.69) is 17.7 Å². The van der Waals surface area contributed by atoms with Crippen molar-refractivity contribution in [1.82, 2.24) is 0 Å². The first kappa shape index (κ1) is 8.82. The second kappa shape index (κ2) is 9.41. The molecule has 0 atom stereocenters. The highest BCUT2D eigenvalue weighted by molar-refractivity contribution is 5.85. The van der Waals surface area contributed by atoms with Crippen LogP contribution in [0.2, 0.25) is 0 Å². The molecular weight excluding hydrogens is 85.5 g/mol. The Morgan fingerprint density at radius 3 is 1.80 bits per heavy atom. The zero-order chi connectivity index (χ0) is 3.41. The van der Waals surface area contributed by atoms with Crippen LogP contribution in [0, 0.1) is 12.0 Å². The van der Waals surface area contributed by atoms with Crippen LogP contribution < -0.4 is 5.73 Å². The molecule has 0 aliphatic heterocycles. The van der Waals surface area contributed by atoms with Crippen molar-refractivity contribution >= 4 is 12.4 Å². The lowest BCUT2D eigenvalue weighted by molar-refractivity contribution is 1.71. The van der Waals surface area contributed by atoms with Crippen molar-refractivity contribution in [1.29, 1.82) is 0 Å². The Balaban J connectivity index is 0. The number of rotatable bonds is 0. The molecule has 0 rings (SSSR count). The minimum atomic E-state index is 0. The van der Waals surface area contributed by atoms with Gasteiger partial charge in [-0.1, -0.05) is 5.92 Å². The van der Waals surface area contributed by atoms with Gasteiger partial charge in [-0.25, -0.2) is 0 Å². The molecule has 0 fully saturated rings. The van der Waals surface area contributed by atoms with Gasteiger partial charge in [0.25, 0.3) is 0 Å². The number of halogens is 1. The van der Waals surface area contributed by atoms with Crippen molar-refractivity contribution in [2.24, 2.45) is 5.73 Å². The summed E-state index contributed by atoms with van der Waals surface area (Å²) >= 11 is 0. The Labute approximate surface area is 38.0 Å². The highest BCUT2D eigenvalue weighted by Crippen LogP contribution is 1.28. The molecule has 30 valence electrons. The highest BCUT2D eigenvalue weighted by Gasteiger charge is 1.25. The maximum Gasteiger partial charge on any atom is 0.00118 e. The smallest absolute Gasteiger partial charge is 0.00118 e. The minimum absolute atomic E-state index is 0. The van der Waals surface area contributed by atoms with Gasteiger partial charge in [-0.3, -0.25) is 0 Å². The van der Waals surface area contributed by atoms with E-state index in [4.69, 9.17) is 0 Å². The van der Waals surface area contributed by atoms with Crippen molar-refractivity contribution in [3.8, 4) is 12.0 Å². The number of hydrogen-bond donors (Lipinski definition) is 1. The third-order valence-electron chi connectivity index (χ3n) is 0.144. The van der Waals surface area contributed by atoms with E-state index < -0.39 is 0 Å². The van der Waals surface area contributed by atoms with Gasteiger partial charge in [0.2, 0.25) is 0 Å². The van der Waals surface area contributed by atoms with Crippen LogP contribution in [0.15, 0.2) is 0 Å². The van der Waals surface area contributed by atoms with Crippen LogP contribution in [-0.4, -0.2) is 0 Å². The fraction of sp³-hybridized carbons (Fsp3) is 0.333. The van der Waals surface area contributed by atoms with Crippen LogP contribution in [0.25, 0.3) is 0 Å². The van der Waals surface area contributed by atoms with Crippen LogP contribution in [0.3, 0.4) is 0 Å². The maximum absolute atomic E-state index is 4.67. The molecule has 0 saturated heterocycles. The average Bonchev–Trinajstić information content (AvgIpc) is 1.37. The summed E-state index contributed by atoms with van der Waals surface area (Å²) in [4.78, 5) is 0. The Kier molecular flexibility index (Phi) is 16.6. The fourth-order valence-electron chi connectivity index (χ4n) is 0. The molecule has 0 heterocycles. The lowest BCUT2D eigenvalue weighted by Crippen LogP contribution is -1.72. The first-order valence-electron chi connectivity index (χ1n) is 1.04. The Morgan fingerprint density at radius 2 is 1.80 bits per heavy atom. The summed E-state index contributed by atoms with van der Waals surface area (Å²) in [5.41, 5.74) is 4.67. The first-order valence-corrected chi connectivity index (χ1v) is 1.04. The van der Waals surface area contributed by atoms with E-state index >= 15 is 0 Å². The lowest BCUT2D eigenvalue weighted by Gasteiger charge is -1.44. The predicted octanol–water partition coefficient (Wildman–Crippen LogP) is 0.348. The van der Waals surface area contributed by atoms with Gasteiger partial charge in [-0.2, -0.15) is 0 Å². The third-order valence-corrected chi connectivity index (χ3v) is 0.144. The summed E-state index contributed by atoms with van der Waals surface area (Å²) < 4.78 is 0. The van der Waals surface area contributed by atoms with Crippen LogP contribution in [0.1, 0.15) is 6.92 Å². The molecule has 0 aromatic rings. The van der Waals surface area contributed by atoms with Gasteiger partial charge in [0.15, 0.2) is 0 Å². The molecule has 0 bridgehead atoms. The van der Waals surface area contributed by atoms with Gasteiger partial charge in [-0.05, 0) is 6.92 Å². The van der Waals surface area contributed by atoms with Crippen molar-refractivity contribution in [2.45, 2.75) is 6.92 Å². The summed E-state index contributed by atoms with van der Waals surface area (Å²) in [6.07, 6.45) is 0. The SMILES string of the molecule is CC#CN.Cl. The largest absolute Gasteiger partial charge is 0.359 e.